The fourth-order valence-corrected chi connectivity index (χ4v) is 6.20. The molecular formula is C24H32O4. The van der Waals surface area contributed by atoms with Crippen molar-refractivity contribution in [2.45, 2.75) is 64.7 Å². The van der Waals surface area contributed by atoms with E-state index >= 15 is 0 Å². The topological polar surface area (TPSA) is 52.6 Å². The molecule has 0 radical (unpaired) electrons. The van der Waals surface area contributed by atoms with E-state index in [1.54, 1.807) is 24.3 Å². The molecule has 0 spiro atoms. The number of hydrogen-bond acceptors (Lipinski definition) is 4. The Morgan fingerprint density at radius 2 is 1.43 bits per heavy atom. The van der Waals surface area contributed by atoms with E-state index in [1.165, 1.54) is 38.5 Å². The minimum absolute atomic E-state index is 0.181. The predicted molar refractivity (Wildman–Crippen MR) is 107 cm³/mol. The standard InChI is InChI=1S/C24H32O4/c1-2-3-6-9-27-22(25)20-7-4-5-8-21(20)23(26)28-16-24-13-17-10-18(14-24)12-19(11-17)15-24/h4-5,7-8,17-19H,2-3,6,9-16H2,1H3. The van der Waals surface area contributed by atoms with Gasteiger partial charge in [-0.3, -0.25) is 0 Å². The van der Waals surface area contributed by atoms with Gasteiger partial charge in [-0.2, -0.15) is 0 Å². The van der Waals surface area contributed by atoms with E-state index in [2.05, 4.69) is 6.92 Å². The van der Waals surface area contributed by atoms with Crippen molar-refractivity contribution >= 4 is 11.9 Å². The molecule has 0 unspecified atom stereocenters. The number of carbonyl (C=O) groups excluding carboxylic acids is 2. The maximum atomic E-state index is 12.8. The summed E-state index contributed by atoms with van der Waals surface area (Å²) in [7, 11) is 0. The van der Waals surface area contributed by atoms with Crippen molar-refractivity contribution in [3.05, 3.63) is 35.4 Å². The van der Waals surface area contributed by atoms with E-state index in [1.807, 2.05) is 0 Å². The molecule has 0 amide bonds. The van der Waals surface area contributed by atoms with Crippen LogP contribution < -0.4 is 0 Å². The Hall–Kier alpha value is -1.84. The molecule has 4 bridgehead atoms. The van der Waals surface area contributed by atoms with Crippen molar-refractivity contribution in [3.8, 4) is 0 Å². The lowest BCUT2D eigenvalue weighted by Gasteiger charge is -2.56. The lowest BCUT2D eigenvalue weighted by atomic mass is 9.50. The molecule has 4 aliphatic rings. The molecule has 28 heavy (non-hydrogen) atoms. The second-order valence-electron chi connectivity index (χ2n) is 9.38. The normalized spacial score (nSPS) is 30.2. The molecule has 0 heterocycles. The quantitative estimate of drug-likeness (QED) is 0.444. The Kier molecular flexibility index (Phi) is 5.75. The molecule has 4 aliphatic carbocycles. The Labute approximate surface area is 168 Å². The molecular weight excluding hydrogens is 352 g/mol. The Balaban J connectivity index is 1.38. The molecule has 4 saturated carbocycles. The highest BCUT2D eigenvalue weighted by Crippen LogP contribution is 2.60. The molecule has 4 heteroatoms. The Bertz CT molecular complexity index is 688. The second kappa shape index (κ2) is 8.26. The van der Waals surface area contributed by atoms with Gasteiger partial charge in [0, 0.05) is 5.41 Å². The van der Waals surface area contributed by atoms with Gasteiger partial charge in [-0.1, -0.05) is 31.9 Å². The molecule has 0 aliphatic heterocycles. The summed E-state index contributed by atoms with van der Waals surface area (Å²) < 4.78 is 11.2. The summed E-state index contributed by atoms with van der Waals surface area (Å²) >= 11 is 0. The zero-order chi connectivity index (χ0) is 19.6. The fraction of sp³-hybridized carbons (Fsp3) is 0.667. The highest BCUT2D eigenvalue weighted by Gasteiger charge is 2.51. The summed E-state index contributed by atoms with van der Waals surface area (Å²) in [4.78, 5) is 25.2. The first kappa shape index (κ1) is 19.5. The van der Waals surface area contributed by atoms with E-state index < -0.39 is 11.9 Å². The van der Waals surface area contributed by atoms with Crippen LogP contribution in [0.15, 0.2) is 24.3 Å². The van der Waals surface area contributed by atoms with E-state index in [9.17, 15) is 9.59 Å². The van der Waals surface area contributed by atoms with Crippen LogP contribution in [0.5, 0.6) is 0 Å². The molecule has 4 fully saturated rings. The number of carbonyl (C=O) groups is 2. The Morgan fingerprint density at radius 1 is 0.893 bits per heavy atom. The van der Waals surface area contributed by atoms with Crippen molar-refractivity contribution in [3.63, 3.8) is 0 Å². The van der Waals surface area contributed by atoms with Crippen LogP contribution in [-0.4, -0.2) is 25.2 Å². The van der Waals surface area contributed by atoms with E-state index in [0.29, 0.717) is 24.3 Å². The molecule has 0 atom stereocenters. The predicted octanol–water partition coefficient (Wildman–Crippen LogP) is 5.41. The van der Waals surface area contributed by atoms with Crippen molar-refractivity contribution in [1.82, 2.24) is 0 Å². The summed E-state index contributed by atoms with van der Waals surface area (Å²) in [6.07, 6.45) is 10.7. The molecule has 4 nitrogen and oxygen atoms in total. The van der Waals surface area contributed by atoms with E-state index in [-0.39, 0.29) is 5.41 Å². The average molecular weight is 385 g/mol. The first-order valence-electron chi connectivity index (χ1n) is 11.0. The fourth-order valence-electron chi connectivity index (χ4n) is 6.20. The SMILES string of the molecule is CCCCCOC(=O)c1ccccc1C(=O)OCC12CC3CC(CC(C3)C1)C2. The summed E-state index contributed by atoms with van der Waals surface area (Å²) in [6.45, 7) is 3.00. The second-order valence-corrected chi connectivity index (χ2v) is 9.38. The third-order valence-corrected chi connectivity index (χ3v) is 7.02. The van der Waals surface area contributed by atoms with Crippen LogP contribution >= 0.6 is 0 Å². The molecule has 0 aromatic heterocycles. The number of ether oxygens (including phenoxy) is 2. The highest BCUT2D eigenvalue weighted by atomic mass is 16.5. The maximum absolute atomic E-state index is 12.8. The van der Waals surface area contributed by atoms with Crippen LogP contribution in [0.3, 0.4) is 0 Å². The van der Waals surface area contributed by atoms with Crippen LogP contribution in [-0.2, 0) is 9.47 Å². The molecule has 1 aromatic carbocycles. The number of hydrogen-bond donors (Lipinski definition) is 0. The zero-order valence-corrected chi connectivity index (χ0v) is 17.0. The van der Waals surface area contributed by atoms with Gasteiger partial charge in [0.2, 0.25) is 0 Å². The lowest BCUT2D eigenvalue weighted by Crippen LogP contribution is -2.48. The number of unbranched alkanes of at least 4 members (excludes halogenated alkanes) is 2. The van der Waals surface area contributed by atoms with Gasteiger partial charge in [0.1, 0.15) is 0 Å². The van der Waals surface area contributed by atoms with Crippen LogP contribution in [0.25, 0.3) is 0 Å². The van der Waals surface area contributed by atoms with Gasteiger partial charge in [0.25, 0.3) is 0 Å². The van der Waals surface area contributed by atoms with Gasteiger partial charge in [-0.15, -0.1) is 0 Å². The van der Waals surface area contributed by atoms with Gasteiger partial charge < -0.3 is 9.47 Å². The minimum atomic E-state index is -0.432. The largest absolute Gasteiger partial charge is 0.462 e. The summed E-state index contributed by atoms with van der Waals surface area (Å²) in [5.41, 5.74) is 0.822. The zero-order valence-electron chi connectivity index (χ0n) is 17.0. The maximum Gasteiger partial charge on any atom is 0.339 e. The van der Waals surface area contributed by atoms with E-state index in [0.717, 1.165) is 37.0 Å². The third kappa shape index (κ3) is 4.11. The van der Waals surface area contributed by atoms with Gasteiger partial charge in [0.05, 0.1) is 24.3 Å². The monoisotopic (exact) mass is 384 g/mol. The molecule has 152 valence electrons. The summed E-state index contributed by atoms with van der Waals surface area (Å²) in [5, 5.41) is 0. The van der Waals surface area contributed by atoms with Gasteiger partial charge >= 0.3 is 11.9 Å². The molecule has 0 saturated heterocycles. The van der Waals surface area contributed by atoms with Gasteiger partial charge in [-0.25, -0.2) is 9.59 Å². The number of esters is 2. The van der Waals surface area contributed by atoms with E-state index in [4.69, 9.17) is 9.47 Å². The first-order valence-corrected chi connectivity index (χ1v) is 11.0. The lowest BCUT2D eigenvalue weighted by molar-refractivity contribution is -0.0848. The molecule has 1 aromatic rings. The third-order valence-electron chi connectivity index (χ3n) is 7.02. The number of rotatable bonds is 8. The summed E-state index contributed by atoms with van der Waals surface area (Å²) in [5.74, 6) is 1.66. The van der Waals surface area contributed by atoms with Crippen molar-refractivity contribution < 1.29 is 19.1 Å². The average Bonchev–Trinajstić information content (AvgIpc) is 2.68. The summed E-state index contributed by atoms with van der Waals surface area (Å²) in [6, 6.07) is 6.86. The van der Waals surface area contributed by atoms with Gasteiger partial charge in [0.15, 0.2) is 0 Å². The molecule has 5 rings (SSSR count). The van der Waals surface area contributed by atoms with Crippen molar-refractivity contribution in [1.29, 1.82) is 0 Å². The van der Waals surface area contributed by atoms with Crippen molar-refractivity contribution in [2.75, 3.05) is 13.2 Å². The molecule has 0 N–H and O–H groups in total. The van der Waals surface area contributed by atoms with Crippen LogP contribution in [0, 0.1) is 23.2 Å². The van der Waals surface area contributed by atoms with Crippen LogP contribution in [0.4, 0.5) is 0 Å². The Morgan fingerprint density at radius 3 is 1.96 bits per heavy atom. The number of benzene rings is 1. The van der Waals surface area contributed by atoms with Crippen molar-refractivity contribution in [2.24, 2.45) is 23.2 Å². The van der Waals surface area contributed by atoms with Crippen LogP contribution in [0.2, 0.25) is 0 Å². The van der Waals surface area contributed by atoms with Gasteiger partial charge in [-0.05, 0) is 74.8 Å². The smallest absolute Gasteiger partial charge is 0.339 e. The highest BCUT2D eigenvalue weighted by molar-refractivity contribution is 6.03. The minimum Gasteiger partial charge on any atom is -0.462 e. The van der Waals surface area contributed by atoms with Crippen LogP contribution in [0.1, 0.15) is 85.4 Å². The first-order chi connectivity index (χ1) is 13.6.